The van der Waals surface area contributed by atoms with E-state index in [-0.39, 0.29) is 17.4 Å². The highest BCUT2D eigenvalue weighted by Gasteiger charge is 2.48. The van der Waals surface area contributed by atoms with Gasteiger partial charge in [-0.1, -0.05) is 0 Å². The largest absolute Gasteiger partial charge is 0.481 e. The van der Waals surface area contributed by atoms with Gasteiger partial charge in [0.05, 0.1) is 17.6 Å². The summed E-state index contributed by atoms with van der Waals surface area (Å²) in [6.07, 6.45) is 4.17. The van der Waals surface area contributed by atoms with E-state index < -0.39 is 5.97 Å². The molecule has 1 fully saturated rings. The summed E-state index contributed by atoms with van der Waals surface area (Å²) in [5, 5.41) is 9.10. The molecule has 0 bridgehead atoms. The Morgan fingerprint density at radius 3 is 2.79 bits per heavy atom. The molecule has 0 aliphatic heterocycles. The van der Waals surface area contributed by atoms with Crippen molar-refractivity contribution < 1.29 is 9.90 Å². The van der Waals surface area contributed by atoms with Crippen LogP contribution in [0.15, 0.2) is 18.5 Å². The van der Waals surface area contributed by atoms with Crippen LogP contribution >= 0.6 is 0 Å². The van der Waals surface area contributed by atoms with Gasteiger partial charge in [-0.3, -0.25) is 9.78 Å². The Morgan fingerprint density at radius 1 is 1.47 bits per heavy atom. The second-order valence-electron chi connectivity index (χ2n) is 6.13. The van der Waals surface area contributed by atoms with E-state index in [0.717, 1.165) is 16.9 Å². The van der Waals surface area contributed by atoms with Crippen molar-refractivity contribution in [3.63, 3.8) is 0 Å². The molecule has 0 saturated heterocycles. The fourth-order valence-electron chi connectivity index (χ4n) is 2.66. The maximum absolute atomic E-state index is 11.1. The van der Waals surface area contributed by atoms with Gasteiger partial charge in [0.1, 0.15) is 11.3 Å². The fraction of sp³-hybridized carbons (Fsp3) is 0.500. The van der Waals surface area contributed by atoms with Crippen molar-refractivity contribution in [1.82, 2.24) is 14.5 Å². The Kier molecular flexibility index (Phi) is 2.42. The summed E-state index contributed by atoms with van der Waals surface area (Å²) in [6, 6.07) is 1.94. The lowest BCUT2D eigenvalue weighted by atomic mass is 10.1. The zero-order valence-electron chi connectivity index (χ0n) is 11.3. The van der Waals surface area contributed by atoms with Gasteiger partial charge in [0.15, 0.2) is 0 Å². The normalized spacial score (nSPS) is 22.7. The van der Waals surface area contributed by atoms with Crippen LogP contribution in [-0.4, -0.2) is 25.6 Å². The molecule has 0 radical (unpaired) electrons. The summed E-state index contributed by atoms with van der Waals surface area (Å²) in [5.41, 5.74) is 1.73. The Bertz CT molecular complexity index is 654. The van der Waals surface area contributed by atoms with Gasteiger partial charge in [0.2, 0.25) is 0 Å². The van der Waals surface area contributed by atoms with E-state index in [0.29, 0.717) is 6.42 Å². The molecule has 1 aliphatic rings. The van der Waals surface area contributed by atoms with Gasteiger partial charge in [-0.2, -0.15) is 0 Å². The summed E-state index contributed by atoms with van der Waals surface area (Å²) in [4.78, 5) is 19.8. The first-order valence-corrected chi connectivity index (χ1v) is 6.45. The molecule has 2 aromatic heterocycles. The third-order valence-corrected chi connectivity index (χ3v) is 3.59. The van der Waals surface area contributed by atoms with Crippen LogP contribution in [-0.2, 0) is 10.3 Å². The maximum atomic E-state index is 11.1. The summed E-state index contributed by atoms with van der Waals surface area (Å²) >= 11 is 0. The number of carboxylic acids is 1. The van der Waals surface area contributed by atoms with Gasteiger partial charge in [-0.15, -0.1) is 0 Å². The second kappa shape index (κ2) is 3.79. The number of imidazole rings is 1. The lowest BCUT2D eigenvalue weighted by Gasteiger charge is -2.24. The number of fused-ring (bicyclic) bond motifs is 1. The van der Waals surface area contributed by atoms with Crippen molar-refractivity contribution in [3.8, 4) is 0 Å². The summed E-state index contributed by atoms with van der Waals surface area (Å²) in [5.74, 6) is -0.103. The van der Waals surface area contributed by atoms with E-state index in [9.17, 15) is 4.79 Å². The van der Waals surface area contributed by atoms with Crippen molar-refractivity contribution in [2.75, 3.05) is 0 Å². The number of carboxylic acid groups (broad SMARTS) is 1. The van der Waals surface area contributed by atoms with Crippen LogP contribution < -0.4 is 0 Å². The number of rotatable bonds is 2. The van der Waals surface area contributed by atoms with Gasteiger partial charge in [0, 0.05) is 17.7 Å². The minimum atomic E-state index is -0.726. The molecule has 1 aliphatic carbocycles. The van der Waals surface area contributed by atoms with E-state index >= 15 is 0 Å². The second-order valence-corrected chi connectivity index (χ2v) is 6.13. The first-order chi connectivity index (χ1) is 8.89. The predicted octanol–water partition coefficient (Wildman–Crippen LogP) is 2.37. The number of aliphatic carboxylic acids is 1. The van der Waals surface area contributed by atoms with Crippen LogP contribution in [0.5, 0.6) is 0 Å². The number of carbonyl (C=O) groups is 1. The van der Waals surface area contributed by atoms with Crippen molar-refractivity contribution >= 4 is 17.0 Å². The highest BCUT2D eigenvalue weighted by Crippen LogP contribution is 2.48. The Labute approximate surface area is 111 Å². The molecule has 5 nitrogen and oxygen atoms in total. The molecule has 0 aromatic carbocycles. The Balaban J connectivity index is 2.17. The average molecular weight is 259 g/mol. The van der Waals surface area contributed by atoms with Crippen LogP contribution in [0, 0.1) is 5.92 Å². The summed E-state index contributed by atoms with van der Waals surface area (Å²) < 4.78 is 2.15. The molecule has 0 spiro atoms. The van der Waals surface area contributed by atoms with Crippen molar-refractivity contribution in [3.05, 3.63) is 24.3 Å². The zero-order valence-corrected chi connectivity index (χ0v) is 11.3. The Morgan fingerprint density at radius 2 is 2.21 bits per heavy atom. The molecule has 19 heavy (non-hydrogen) atoms. The molecule has 2 heterocycles. The lowest BCUT2D eigenvalue weighted by molar-refractivity contribution is -0.138. The topological polar surface area (TPSA) is 68.0 Å². The smallest absolute Gasteiger partial charge is 0.307 e. The molecular formula is C14H17N3O2. The van der Waals surface area contributed by atoms with E-state index in [1.54, 1.807) is 12.4 Å². The average Bonchev–Trinajstić information content (AvgIpc) is 3.01. The first kappa shape index (κ1) is 12.1. The van der Waals surface area contributed by atoms with Crippen LogP contribution in [0.25, 0.3) is 11.0 Å². The molecule has 2 unspecified atom stereocenters. The van der Waals surface area contributed by atoms with E-state index in [4.69, 9.17) is 5.11 Å². The van der Waals surface area contributed by atoms with Crippen molar-refractivity contribution in [2.24, 2.45) is 5.92 Å². The predicted molar refractivity (Wildman–Crippen MR) is 71.0 cm³/mol. The number of hydrogen-bond acceptors (Lipinski definition) is 3. The van der Waals surface area contributed by atoms with Gasteiger partial charge < -0.3 is 9.67 Å². The molecule has 1 N–H and O–H groups in total. The summed E-state index contributed by atoms with van der Waals surface area (Å²) in [7, 11) is 0. The standard InChI is InChI=1S/C14H17N3O2/c1-14(2,3)17-11-4-5-15-7-10(11)16-12(17)8-6-9(8)13(18)19/h4-5,7-9H,6H2,1-3H3,(H,18,19). The molecule has 2 atom stereocenters. The van der Waals surface area contributed by atoms with Crippen LogP contribution in [0.2, 0.25) is 0 Å². The maximum Gasteiger partial charge on any atom is 0.307 e. The minimum absolute atomic E-state index is 0.0316. The van der Waals surface area contributed by atoms with Crippen LogP contribution in [0.3, 0.4) is 0 Å². The zero-order chi connectivity index (χ0) is 13.8. The monoisotopic (exact) mass is 259 g/mol. The molecule has 3 rings (SSSR count). The third kappa shape index (κ3) is 1.89. The SMILES string of the molecule is CC(C)(C)n1c(C2CC2C(=O)O)nc2cnccc21. The Hall–Kier alpha value is -1.91. The van der Waals surface area contributed by atoms with Crippen LogP contribution in [0.1, 0.15) is 38.9 Å². The van der Waals surface area contributed by atoms with Gasteiger partial charge in [-0.25, -0.2) is 4.98 Å². The first-order valence-electron chi connectivity index (χ1n) is 6.45. The lowest BCUT2D eigenvalue weighted by Crippen LogP contribution is -2.24. The van der Waals surface area contributed by atoms with Crippen molar-refractivity contribution in [1.29, 1.82) is 0 Å². The third-order valence-electron chi connectivity index (χ3n) is 3.59. The molecule has 100 valence electrons. The summed E-state index contributed by atoms with van der Waals surface area (Å²) in [6.45, 7) is 6.32. The number of nitrogens with zero attached hydrogens (tertiary/aromatic N) is 3. The van der Waals surface area contributed by atoms with Gasteiger partial charge in [-0.05, 0) is 33.3 Å². The van der Waals surface area contributed by atoms with Gasteiger partial charge in [0.25, 0.3) is 0 Å². The fourth-order valence-corrected chi connectivity index (χ4v) is 2.66. The highest BCUT2D eigenvalue weighted by atomic mass is 16.4. The van der Waals surface area contributed by atoms with Crippen molar-refractivity contribution in [2.45, 2.75) is 38.6 Å². The van der Waals surface area contributed by atoms with Gasteiger partial charge >= 0.3 is 5.97 Å². The molecular weight excluding hydrogens is 242 g/mol. The number of hydrogen-bond donors (Lipinski definition) is 1. The molecule has 5 heteroatoms. The number of pyridine rings is 1. The van der Waals surface area contributed by atoms with Crippen LogP contribution in [0.4, 0.5) is 0 Å². The minimum Gasteiger partial charge on any atom is -0.481 e. The quantitative estimate of drug-likeness (QED) is 0.899. The molecule has 0 amide bonds. The molecule has 1 saturated carbocycles. The highest BCUT2D eigenvalue weighted by molar-refractivity contribution is 5.78. The van der Waals surface area contributed by atoms with E-state index in [1.165, 1.54) is 0 Å². The van der Waals surface area contributed by atoms with E-state index in [1.807, 2.05) is 6.07 Å². The molecule has 2 aromatic rings. The number of aromatic nitrogens is 3. The van der Waals surface area contributed by atoms with E-state index in [2.05, 4.69) is 35.3 Å².